The van der Waals surface area contributed by atoms with Crippen LogP contribution in [0.5, 0.6) is 0 Å². The van der Waals surface area contributed by atoms with Crippen molar-refractivity contribution in [2.45, 2.75) is 12.5 Å². The molecule has 1 aromatic heterocycles. The van der Waals surface area contributed by atoms with Crippen LogP contribution in [0.15, 0.2) is 16.9 Å². The van der Waals surface area contributed by atoms with E-state index < -0.39 is 0 Å². The number of hydrogen-bond donors (Lipinski definition) is 0. The van der Waals surface area contributed by atoms with Gasteiger partial charge in [0.1, 0.15) is 0 Å². The van der Waals surface area contributed by atoms with Crippen LogP contribution >= 0.6 is 27.7 Å². The molecule has 4 heteroatoms. The molecule has 0 radical (unpaired) electrons. The molecule has 60 valence electrons. The molecule has 2 nitrogen and oxygen atoms in total. The van der Waals surface area contributed by atoms with E-state index in [1.54, 1.807) is 0 Å². The first-order chi connectivity index (χ1) is 5.36. The second-order valence-electron chi connectivity index (χ2n) is 2.66. The van der Waals surface area contributed by atoms with E-state index >= 15 is 0 Å². The van der Waals surface area contributed by atoms with Gasteiger partial charge in [-0.3, -0.25) is 4.68 Å². The van der Waals surface area contributed by atoms with Gasteiger partial charge in [-0.2, -0.15) is 16.9 Å². The molecule has 0 spiro atoms. The zero-order chi connectivity index (χ0) is 7.68. The van der Waals surface area contributed by atoms with Gasteiger partial charge in [0.2, 0.25) is 0 Å². The third-order valence-corrected chi connectivity index (χ3v) is 3.40. The maximum atomic E-state index is 4.25. The summed E-state index contributed by atoms with van der Waals surface area (Å²) in [5.41, 5.74) is 0. The summed E-state index contributed by atoms with van der Waals surface area (Å²) in [6, 6.07) is 0.631. The lowest BCUT2D eigenvalue weighted by atomic mass is 10.3. The Morgan fingerprint density at radius 3 is 3.18 bits per heavy atom. The lowest BCUT2D eigenvalue weighted by Gasteiger charge is -2.06. The van der Waals surface area contributed by atoms with Crippen LogP contribution in [0, 0.1) is 0 Å². The summed E-state index contributed by atoms with van der Waals surface area (Å²) < 4.78 is 3.14. The highest BCUT2D eigenvalue weighted by Gasteiger charge is 2.17. The molecule has 2 rings (SSSR count). The highest BCUT2D eigenvalue weighted by molar-refractivity contribution is 9.10. The molecule has 1 aromatic rings. The highest BCUT2D eigenvalue weighted by atomic mass is 79.9. The fourth-order valence-electron chi connectivity index (χ4n) is 1.25. The average molecular weight is 233 g/mol. The maximum absolute atomic E-state index is 4.25. The van der Waals surface area contributed by atoms with Gasteiger partial charge in [0.15, 0.2) is 0 Å². The summed E-state index contributed by atoms with van der Waals surface area (Å²) in [6.45, 7) is 0. The van der Waals surface area contributed by atoms with E-state index in [2.05, 4.69) is 31.9 Å². The Hall–Kier alpha value is 0.0400. The number of thioether (sulfide) groups is 1. The summed E-state index contributed by atoms with van der Waals surface area (Å²) in [6.07, 6.45) is 5.16. The van der Waals surface area contributed by atoms with Crippen molar-refractivity contribution in [1.82, 2.24) is 9.78 Å². The fraction of sp³-hybridized carbons (Fsp3) is 0.571. The zero-order valence-electron chi connectivity index (χ0n) is 6.03. The summed E-state index contributed by atoms with van der Waals surface area (Å²) >= 11 is 5.40. The monoisotopic (exact) mass is 232 g/mol. The first-order valence-corrected chi connectivity index (χ1v) is 5.58. The molecule has 0 aliphatic carbocycles. The Morgan fingerprint density at radius 2 is 2.64 bits per heavy atom. The normalized spacial score (nSPS) is 24.3. The average Bonchev–Trinajstić information content (AvgIpc) is 2.55. The zero-order valence-corrected chi connectivity index (χ0v) is 8.44. The fourth-order valence-corrected chi connectivity index (χ4v) is 2.74. The predicted octanol–water partition coefficient (Wildman–Crippen LogP) is 2.32. The number of halogens is 1. The van der Waals surface area contributed by atoms with Gasteiger partial charge in [0, 0.05) is 11.9 Å². The minimum atomic E-state index is 0.631. The van der Waals surface area contributed by atoms with E-state index in [0.29, 0.717) is 6.04 Å². The maximum Gasteiger partial charge on any atom is 0.0632 e. The van der Waals surface area contributed by atoms with Crippen LogP contribution in [0.25, 0.3) is 0 Å². The highest BCUT2D eigenvalue weighted by Crippen LogP contribution is 2.27. The van der Waals surface area contributed by atoms with Crippen molar-refractivity contribution < 1.29 is 0 Å². The topological polar surface area (TPSA) is 17.8 Å². The standard InChI is InChI=1S/C7H9BrN2S/c8-6-3-9-10(4-6)7-1-2-11-5-7/h3-4,7H,1-2,5H2. The van der Waals surface area contributed by atoms with Crippen molar-refractivity contribution in [2.75, 3.05) is 11.5 Å². The van der Waals surface area contributed by atoms with Crippen LogP contribution in [0.4, 0.5) is 0 Å². The third kappa shape index (κ3) is 1.62. The lowest BCUT2D eigenvalue weighted by Crippen LogP contribution is -2.07. The Bertz CT molecular complexity index is 242. The molecule has 1 saturated heterocycles. The van der Waals surface area contributed by atoms with E-state index in [0.717, 1.165) is 4.47 Å². The van der Waals surface area contributed by atoms with E-state index in [9.17, 15) is 0 Å². The molecule has 0 saturated carbocycles. The van der Waals surface area contributed by atoms with E-state index in [1.807, 2.05) is 18.0 Å². The quantitative estimate of drug-likeness (QED) is 0.740. The largest absolute Gasteiger partial charge is 0.268 e. The molecule has 1 atom stereocenters. The minimum absolute atomic E-state index is 0.631. The molecule has 2 heterocycles. The second kappa shape index (κ2) is 3.19. The molecular formula is C7H9BrN2S. The summed E-state index contributed by atoms with van der Waals surface area (Å²) in [5, 5.41) is 4.25. The van der Waals surface area contributed by atoms with E-state index in [-0.39, 0.29) is 0 Å². The van der Waals surface area contributed by atoms with Gasteiger partial charge in [-0.1, -0.05) is 0 Å². The number of rotatable bonds is 1. The van der Waals surface area contributed by atoms with Crippen LogP contribution in [0.2, 0.25) is 0 Å². The second-order valence-corrected chi connectivity index (χ2v) is 4.72. The van der Waals surface area contributed by atoms with Gasteiger partial charge in [-0.15, -0.1) is 0 Å². The van der Waals surface area contributed by atoms with Crippen molar-refractivity contribution in [3.8, 4) is 0 Å². The minimum Gasteiger partial charge on any atom is -0.268 e. The molecule has 0 bridgehead atoms. The van der Waals surface area contributed by atoms with Gasteiger partial charge in [-0.25, -0.2) is 0 Å². The molecule has 1 fully saturated rings. The molecule has 11 heavy (non-hydrogen) atoms. The van der Waals surface area contributed by atoms with Crippen LogP contribution in [0.1, 0.15) is 12.5 Å². The first kappa shape index (κ1) is 7.68. The molecule has 1 aliphatic rings. The number of hydrogen-bond acceptors (Lipinski definition) is 2. The molecule has 1 unspecified atom stereocenters. The van der Waals surface area contributed by atoms with E-state index in [1.165, 1.54) is 17.9 Å². The Balaban J connectivity index is 2.15. The van der Waals surface area contributed by atoms with Gasteiger partial charge >= 0.3 is 0 Å². The molecule has 0 amide bonds. The Labute approximate surface area is 78.5 Å². The van der Waals surface area contributed by atoms with Crippen LogP contribution < -0.4 is 0 Å². The third-order valence-electron chi connectivity index (χ3n) is 1.85. The van der Waals surface area contributed by atoms with Crippen molar-refractivity contribution in [3.05, 3.63) is 16.9 Å². The summed E-state index contributed by atoms with van der Waals surface area (Å²) in [5.74, 6) is 2.50. The molecule has 0 N–H and O–H groups in total. The molecular weight excluding hydrogens is 224 g/mol. The van der Waals surface area contributed by atoms with E-state index in [4.69, 9.17) is 0 Å². The number of aromatic nitrogens is 2. The van der Waals surface area contributed by atoms with Crippen molar-refractivity contribution in [3.63, 3.8) is 0 Å². The predicted molar refractivity (Wildman–Crippen MR) is 50.9 cm³/mol. The number of nitrogens with zero attached hydrogens (tertiary/aromatic N) is 2. The SMILES string of the molecule is Brc1cnn(C2CCSC2)c1. The van der Waals surface area contributed by atoms with Crippen LogP contribution in [-0.4, -0.2) is 21.3 Å². The summed E-state index contributed by atoms with van der Waals surface area (Å²) in [7, 11) is 0. The van der Waals surface area contributed by atoms with Crippen LogP contribution in [0.3, 0.4) is 0 Å². The first-order valence-electron chi connectivity index (χ1n) is 3.63. The van der Waals surface area contributed by atoms with Crippen LogP contribution in [-0.2, 0) is 0 Å². The molecule has 0 aromatic carbocycles. The Kier molecular flexibility index (Phi) is 2.23. The van der Waals surface area contributed by atoms with Crippen molar-refractivity contribution >= 4 is 27.7 Å². The van der Waals surface area contributed by atoms with Gasteiger partial charge < -0.3 is 0 Å². The van der Waals surface area contributed by atoms with Gasteiger partial charge in [0.25, 0.3) is 0 Å². The smallest absolute Gasteiger partial charge is 0.0632 e. The van der Waals surface area contributed by atoms with Gasteiger partial charge in [0.05, 0.1) is 16.7 Å². The van der Waals surface area contributed by atoms with Gasteiger partial charge in [-0.05, 0) is 28.1 Å². The molecule has 1 aliphatic heterocycles. The summed E-state index contributed by atoms with van der Waals surface area (Å²) in [4.78, 5) is 0. The van der Waals surface area contributed by atoms with Crippen molar-refractivity contribution in [1.29, 1.82) is 0 Å². The Morgan fingerprint density at radius 1 is 1.73 bits per heavy atom. The lowest BCUT2D eigenvalue weighted by molar-refractivity contribution is 0.501. The van der Waals surface area contributed by atoms with Crippen molar-refractivity contribution in [2.24, 2.45) is 0 Å².